The van der Waals surface area contributed by atoms with E-state index < -0.39 is 0 Å². The molecule has 1 N–H and O–H groups in total. The lowest BCUT2D eigenvalue weighted by molar-refractivity contribution is -0.116. The van der Waals surface area contributed by atoms with E-state index in [1.54, 1.807) is 30.9 Å². The highest BCUT2D eigenvalue weighted by Gasteiger charge is 2.23. The molecule has 1 aliphatic heterocycles. The molecule has 0 saturated carbocycles. The number of fused-ring (bicyclic) bond motifs is 1. The molecule has 0 aliphatic carbocycles. The molecule has 1 aliphatic rings. The number of carbonyl (C=O) groups is 3. The number of nitrogens with one attached hydrogen (secondary N) is 1. The molecule has 2 amide bonds. The van der Waals surface area contributed by atoms with E-state index in [-0.39, 0.29) is 24.4 Å². The molecule has 170 valence electrons. The molecule has 3 rings (SSSR count). The van der Waals surface area contributed by atoms with Crippen LogP contribution in [0.25, 0.3) is 6.08 Å². The smallest absolute Gasteiger partial charge is 0.340 e. The Labute approximate surface area is 189 Å². The molecular weight excluding hydrogens is 406 g/mol. The van der Waals surface area contributed by atoms with E-state index in [4.69, 9.17) is 4.74 Å². The molecule has 0 saturated heterocycles. The van der Waals surface area contributed by atoms with Gasteiger partial charge in [-0.1, -0.05) is 0 Å². The lowest BCUT2D eigenvalue weighted by Crippen LogP contribution is -2.33. The summed E-state index contributed by atoms with van der Waals surface area (Å²) in [6.45, 7) is 10.9. The van der Waals surface area contributed by atoms with Gasteiger partial charge >= 0.3 is 5.97 Å². The van der Waals surface area contributed by atoms with Crippen LogP contribution < -0.4 is 10.2 Å². The van der Waals surface area contributed by atoms with Gasteiger partial charge in [0.25, 0.3) is 0 Å². The van der Waals surface area contributed by atoms with Crippen molar-refractivity contribution in [2.75, 3.05) is 23.4 Å². The Morgan fingerprint density at radius 1 is 1.16 bits per heavy atom. The zero-order valence-electron chi connectivity index (χ0n) is 19.4. The zero-order chi connectivity index (χ0) is 23.4. The number of amides is 2. The molecule has 2 aromatic rings. The van der Waals surface area contributed by atoms with E-state index in [0.717, 1.165) is 48.6 Å². The quantitative estimate of drug-likeness (QED) is 0.541. The molecule has 0 spiro atoms. The fourth-order valence-corrected chi connectivity index (χ4v) is 4.39. The van der Waals surface area contributed by atoms with Crippen molar-refractivity contribution in [2.24, 2.45) is 0 Å². The Morgan fingerprint density at radius 3 is 2.56 bits per heavy atom. The van der Waals surface area contributed by atoms with Gasteiger partial charge in [-0.25, -0.2) is 4.79 Å². The SMILES string of the molecule is CCOC(=O)c1c(/C=C/C(=O)Nc2ccc3c(c2)CCCN3C(C)=O)c(C)n(CC)c1C. The number of nitrogens with zero attached hydrogens (tertiary/aromatic N) is 2. The number of aryl methyl sites for hydroxylation is 1. The van der Waals surface area contributed by atoms with E-state index in [1.165, 1.54) is 6.08 Å². The summed E-state index contributed by atoms with van der Waals surface area (Å²) in [6, 6.07) is 5.60. The molecule has 1 aromatic carbocycles. The van der Waals surface area contributed by atoms with Crippen LogP contribution in [0.5, 0.6) is 0 Å². The Hall–Kier alpha value is -3.35. The summed E-state index contributed by atoms with van der Waals surface area (Å²) in [6.07, 6.45) is 4.87. The molecular formula is C25H31N3O4. The van der Waals surface area contributed by atoms with Gasteiger partial charge in [0.15, 0.2) is 0 Å². The second-order valence-electron chi connectivity index (χ2n) is 7.86. The molecule has 1 aromatic heterocycles. The van der Waals surface area contributed by atoms with Crippen molar-refractivity contribution in [3.8, 4) is 0 Å². The number of hydrogen-bond donors (Lipinski definition) is 1. The van der Waals surface area contributed by atoms with E-state index in [0.29, 0.717) is 16.8 Å². The molecule has 7 heteroatoms. The lowest BCUT2D eigenvalue weighted by Gasteiger charge is -2.28. The highest BCUT2D eigenvalue weighted by atomic mass is 16.5. The van der Waals surface area contributed by atoms with Gasteiger partial charge in [0, 0.05) is 54.4 Å². The van der Waals surface area contributed by atoms with Crippen molar-refractivity contribution in [2.45, 2.75) is 54.0 Å². The average molecular weight is 438 g/mol. The number of aromatic nitrogens is 1. The highest BCUT2D eigenvalue weighted by Crippen LogP contribution is 2.30. The van der Waals surface area contributed by atoms with Gasteiger partial charge in [-0.2, -0.15) is 0 Å². The topological polar surface area (TPSA) is 80.6 Å². The third-order valence-electron chi connectivity index (χ3n) is 5.87. The first-order valence-corrected chi connectivity index (χ1v) is 11.0. The zero-order valence-corrected chi connectivity index (χ0v) is 19.4. The Morgan fingerprint density at radius 2 is 1.91 bits per heavy atom. The Balaban J connectivity index is 1.82. The maximum atomic E-state index is 12.6. The van der Waals surface area contributed by atoms with E-state index in [1.807, 2.05) is 37.5 Å². The van der Waals surface area contributed by atoms with Crippen molar-refractivity contribution in [3.05, 3.63) is 52.4 Å². The van der Waals surface area contributed by atoms with Crippen LogP contribution in [0.15, 0.2) is 24.3 Å². The van der Waals surface area contributed by atoms with Crippen LogP contribution in [-0.4, -0.2) is 35.5 Å². The van der Waals surface area contributed by atoms with Crippen LogP contribution in [0, 0.1) is 13.8 Å². The molecule has 0 bridgehead atoms. The van der Waals surface area contributed by atoms with Crippen molar-refractivity contribution < 1.29 is 19.1 Å². The standard InChI is InChI=1S/C25H31N3O4/c1-6-27-16(3)21(24(17(27)4)25(31)32-7-2)11-13-23(30)26-20-10-12-22-19(15-20)9-8-14-28(22)18(5)29/h10-13,15H,6-9,14H2,1-5H3,(H,26,30)/b13-11+. The number of hydrogen-bond acceptors (Lipinski definition) is 4. The van der Waals surface area contributed by atoms with Crippen LogP contribution in [0.4, 0.5) is 11.4 Å². The number of esters is 1. The van der Waals surface area contributed by atoms with Gasteiger partial charge in [0.05, 0.1) is 12.2 Å². The van der Waals surface area contributed by atoms with Crippen LogP contribution >= 0.6 is 0 Å². The van der Waals surface area contributed by atoms with Crippen molar-refractivity contribution in [1.82, 2.24) is 4.57 Å². The van der Waals surface area contributed by atoms with Crippen LogP contribution in [0.3, 0.4) is 0 Å². The van der Waals surface area contributed by atoms with Gasteiger partial charge < -0.3 is 19.5 Å². The van der Waals surface area contributed by atoms with Crippen molar-refractivity contribution in [1.29, 1.82) is 0 Å². The van der Waals surface area contributed by atoms with Gasteiger partial charge in [0.2, 0.25) is 11.8 Å². The third-order valence-corrected chi connectivity index (χ3v) is 5.87. The second-order valence-corrected chi connectivity index (χ2v) is 7.86. The minimum absolute atomic E-state index is 0.0211. The summed E-state index contributed by atoms with van der Waals surface area (Å²) in [5, 5.41) is 2.88. The number of carbonyl (C=O) groups excluding carboxylic acids is 3. The maximum Gasteiger partial charge on any atom is 0.340 e. The average Bonchev–Trinajstić information content (AvgIpc) is 3.00. The van der Waals surface area contributed by atoms with Crippen molar-refractivity contribution >= 4 is 35.2 Å². The summed E-state index contributed by atoms with van der Waals surface area (Å²) in [4.78, 5) is 38.8. The molecule has 32 heavy (non-hydrogen) atoms. The number of ether oxygens (including phenoxy) is 1. The number of anilines is 2. The molecule has 7 nitrogen and oxygen atoms in total. The largest absolute Gasteiger partial charge is 0.462 e. The Bertz CT molecular complexity index is 1080. The third kappa shape index (κ3) is 4.61. The van der Waals surface area contributed by atoms with Gasteiger partial charge in [0.1, 0.15) is 0 Å². The summed E-state index contributed by atoms with van der Waals surface area (Å²) >= 11 is 0. The lowest BCUT2D eigenvalue weighted by atomic mass is 10.0. The van der Waals surface area contributed by atoms with Crippen LogP contribution in [-0.2, 0) is 27.3 Å². The van der Waals surface area contributed by atoms with Crippen LogP contribution in [0.1, 0.15) is 60.1 Å². The fraction of sp³-hybridized carbons (Fsp3) is 0.400. The minimum Gasteiger partial charge on any atom is -0.462 e. The van der Waals surface area contributed by atoms with E-state index in [9.17, 15) is 14.4 Å². The molecule has 0 atom stereocenters. The summed E-state index contributed by atoms with van der Waals surface area (Å²) in [7, 11) is 0. The summed E-state index contributed by atoms with van der Waals surface area (Å²) < 4.78 is 7.26. The number of rotatable bonds is 6. The summed E-state index contributed by atoms with van der Waals surface area (Å²) in [5.74, 6) is -0.655. The van der Waals surface area contributed by atoms with E-state index in [2.05, 4.69) is 5.32 Å². The molecule has 0 radical (unpaired) electrons. The predicted octanol–water partition coefficient (Wildman–Crippen LogP) is 4.25. The minimum atomic E-state index is -0.384. The highest BCUT2D eigenvalue weighted by molar-refractivity contribution is 6.04. The molecule has 0 fully saturated rings. The first kappa shape index (κ1) is 23.3. The van der Waals surface area contributed by atoms with E-state index >= 15 is 0 Å². The normalized spacial score (nSPS) is 13.2. The predicted molar refractivity (Wildman–Crippen MR) is 126 cm³/mol. The molecule has 0 unspecified atom stereocenters. The maximum absolute atomic E-state index is 12.6. The van der Waals surface area contributed by atoms with Gasteiger partial charge in [-0.15, -0.1) is 0 Å². The molecule has 2 heterocycles. The fourth-order valence-electron chi connectivity index (χ4n) is 4.39. The Kier molecular flexibility index (Phi) is 7.18. The van der Waals surface area contributed by atoms with Crippen LogP contribution in [0.2, 0.25) is 0 Å². The first-order chi connectivity index (χ1) is 15.3. The van der Waals surface area contributed by atoms with Gasteiger partial charge in [-0.3, -0.25) is 9.59 Å². The monoisotopic (exact) mass is 437 g/mol. The second kappa shape index (κ2) is 9.85. The number of benzene rings is 1. The van der Waals surface area contributed by atoms with Crippen molar-refractivity contribution in [3.63, 3.8) is 0 Å². The summed E-state index contributed by atoms with van der Waals surface area (Å²) in [5.41, 5.74) is 5.55. The first-order valence-electron chi connectivity index (χ1n) is 11.0. The van der Waals surface area contributed by atoms with Gasteiger partial charge in [-0.05, 0) is 70.4 Å².